The molecule has 1 unspecified atom stereocenters. The van der Waals surface area contributed by atoms with Gasteiger partial charge in [-0.2, -0.15) is 0 Å². The van der Waals surface area contributed by atoms with Gasteiger partial charge in [0.05, 0.1) is 5.92 Å². The molecule has 80 valence electrons. The van der Waals surface area contributed by atoms with Gasteiger partial charge in [-0.3, -0.25) is 4.79 Å². The summed E-state index contributed by atoms with van der Waals surface area (Å²) in [5.74, 6) is -0.267. The third kappa shape index (κ3) is 2.58. The molecular weight excluding hydrogens is 188 g/mol. The van der Waals surface area contributed by atoms with E-state index in [2.05, 4.69) is 12.1 Å². The second kappa shape index (κ2) is 4.05. The first kappa shape index (κ1) is 10.2. The van der Waals surface area contributed by atoms with Gasteiger partial charge < -0.3 is 5.11 Å². The van der Waals surface area contributed by atoms with Crippen molar-refractivity contribution in [2.45, 2.75) is 32.1 Å². The summed E-state index contributed by atoms with van der Waals surface area (Å²) in [7, 11) is 0. The number of carboxylic acids is 1. The summed E-state index contributed by atoms with van der Waals surface area (Å²) < 4.78 is 0. The maximum atomic E-state index is 10.7. The van der Waals surface area contributed by atoms with Crippen LogP contribution >= 0.6 is 0 Å². The van der Waals surface area contributed by atoms with Crippen LogP contribution in [0.15, 0.2) is 24.3 Å². The summed E-state index contributed by atoms with van der Waals surface area (Å²) in [5.41, 5.74) is 2.53. The van der Waals surface area contributed by atoms with Gasteiger partial charge in [-0.05, 0) is 36.3 Å². The molecule has 0 spiro atoms. The van der Waals surface area contributed by atoms with Crippen molar-refractivity contribution in [1.29, 1.82) is 0 Å². The van der Waals surface area contributed by atoms with Gasteiger partial charge in [0.1, 0.15) is 0 Å². The molecule has 1 aromatic carbocycles. The quantitative estimate of drug-likeness (QED) is 0.818. The lowest BCUT2D eigenvalue weighted by molar-refractivity contribution is -0.141. The Hall–Kier alpha value is -1.31. The van der Waals surface area contributed by atoms with E-state index in [1.807, 2.05) is 12.1 Å². The average Bonchev–Trinajstić information content (AvgIpc) is 3.01. The fourth-order valence-corrected chi connectivity index (χ4v) is 1.83. The van der Waals surface area contributed by atoms with E-state index in [4.69, 9.17) is 5.11 Å². The van der Waals surface area contributed by atoms with Gasteiger partial charge in [0.25, 0.3) is 0 Å². The van der Waals surface area contributed by atoms with Gasteiger partial charge >= 0.3 is 5.97 Å². The summed E-state index contributed by atoms with van der Waals surface area (Å²) in [5, 5.41) is 8.83. The summed E-state index contributed by atoms with van der Waals surface area (Å²) >= 11 is 0. The fraction of sp³-hybridized carbons (Fsp3) is 0.462. The number of rotatable bonds is 4. The Morgan fingerprint density at radius 1 is 1.53 bits per heavy atom. The van der Waals surface area contributed by atoms with Crippen LogP contribution in [0.4, 0.5) is 0 Å². The molecule has 1 saturated carbocycles. The van der Waals surface area contributed by atoms with Crippen molar-refractivity contribution in [3.8, 4) is 0 Å². The largest absolute Gasteiger partial charge is 0.481 e. The van der Waals surface area contributed by atoms with E-state index in [1.165, 1.54) is 18.4 Å². The summed E-state index contributed by atoms with van der Waals surface area (Å²) in [6.07, 6.45) is 3.21. The van der Waals surface area contributed by atoms with Gasteiger partial charge in [0.2, 0.25) is 0 Å². The molecule has 0 amide bonds. The predicted octanol–water partition coefficient (Wildman–Crippen LogP) is 2.83. The van der Waals surface area contributed by atoms with Gasteiger partial charge in [0.15, 0.2) is 0 Å². The zero-order valence-corrected chi connectivity index (χ0v) is 8.94. The molecule has 0 aliphatic heterocycles. The summed E-state index contributed by atoms with van der Waals surface area (Å²) in [6, 6.07) is 8.37. The Morgan fingerprint density at radius 2 is 2.27 bits per heavy atom. The second-order valence-corrected chi connectivity index (χ2v) is 4.46. The van der Waals surface area contributed by atoms with Gasteiger partial charge in [-0.1, -0.05) is 31.2 Å². The molecule has 1 aliphatic carbocycles. The standard InChI is InChI=1S/C13H16O2/c1-9(13(14)15)7-10-3-2-4-12(8-10)11-5-6-11/h2-4,8-9,11H,5-7H2,1H3,(H,14,15). The van der Waals surface area contributed by atoms with Crippen LogP contribution in [0, 0.1) is 5.92 Å². The normalized spacial score (nSPS) is 17.4. The van der Waals surface area contributed by atoms with Crippen LogP contribution in [0.2, 0.25) is 0 Å². The zero-order valence-electron chi connectivity index (χ0n) is 8.94. The minimum Gasteiger partial charge on any atom is -0.481 e. The summed E-state index contributed by atoms with van der Waals surface area (Å²) in [4.78, 5) is 10.7. The van der Waals surface area contributed by atoms with E-state index < -0.39 is 5.97 Å². The number of carbonyl (C=O) groups is 1. The molecule has 1 atom stereocenters. The number of hydrogen-bond acceptors (Lipinski definition) is 1. The highest BCUT2D eigenvalue weighted by atomic mass is 16.4. The van der Waals surface area contributed by atoms with Crippen molar-refractivity contribution in [1.82, 2.24) is 0 Å². The van der Waals surface area contributed by atoms with Crippen molar-refractivity contribution < 1.29 is 9.90 Å². The highest BCUT2D eigenvalue weighted by Gasteiger charge is 2.23. The predicted molar refractivity (Wildman–Crippen MR) is 58.9 cm³/mol. The molecule has 2 heteroatoms. The lowest BCUT2D eigenvalue weighted by Gasteiger charge is -2.07. The molecule has 0 aromatic heterocycles. The highest BCUT2D eigenvalue weighted by molar-refractivity contribution is 5.69. The fourth-order valence-electron chi connectivity index (χ4n) is 1.83. The van der Waals surface area contributed by atoms with Crippen LogP contribution in [-0.4, -0.2) is 11.1 Å². The third-order valence-corrected chi connectivity index (χ3v) is 2.96. The molecule has 1 aromatic rings. The molecule has 2 nitrogen and oxygen atoms in total. The maximum Gasteiger partial charge on any atom is 0.306 e. The highest BCUT2D eigenvalue weighted by Crippen LogP contribution is 2.40. The lowest BCUT2D eigenvalue weighted by atomic mass is 9.98. The Balaban J connectivity index is 2.07. The van der Waals surface area contributed by atoms with Gasteiger partial charge in [-0.15, -0.1) is 0 Å². The number of carboxylic acid groups (broad SMARTS) is 1. The zero-order chi connectivity index (χ0) is 10.8. The molecule has 0 saturated heterocycles. The molecule has 0 bridgehead atoms. The molecule has 0 radical (unpaired) electrons. The van der Waals surface area contributed by atoms with E-state index >= 15 is 0 Å². The molecular formula is C13H16O2. The van der Waals surface area contributed by atoms with E-state index in [0.717, 1.165) is 11.5 Å². The Bertz CT molecular complexity index is 367. The minimum atomic E-state index is -0.716. The lowest BCUT2D eigenvalue weighted by Crippen LogP contribution is -2.12. The molecule has 1 N–H and O–H groups in total. The average molecular weight is 204 g/mol. The topological polar surface area (TPSA) is 37.3 Å². The minimum absolute atomic E-state index is 0.292. The number of benzene rings is 1. The van der Waals surface area contributed by atoms with Gasteiger partial charge in [-0.25, -0.2) is 0 Å². The van der Waals surface area contributed by atoms with E-state index in [9.17, 15) is 4.79 Å². The Morgan fingerprint density at radius 3 is 2.87 bits per heavy atom. The van der Waals surface area contributed by atoms with E-state index in [1.54, 1.807) is 6.92 Å². The van der Waals surface area contributed by atoms with Crippen LogP contribution in [-0.2, 0) is 11.2 Å². The molecule has 1 fully saturated rings. The first-order chi connectivity index (χ1) is 7.16. The number of aliphatic carboxylic acids is 1. The summed E-state index contributed by atoms with van der Waals surface area (Å²) in [6.45, 7) is 1.76. The Labute approximate surface area is 89.9 Å². The molecule has 1 aliphatic rings. The van der Waals surface area contributed by atoms with Crippen molar-refractivity contribution in [2.75, 3.05) is 0 Å². The van der Waals surface area contributed by atoms with Crippen LogP contribution < -0.4 is 0 Å². The Kier molecular flexibility index (Phi) is 2.76. The van der Waals surface area contributed by atoms with Crippen LogP contribution in [0.25, 0.3) is 0 Å². The third-order valence-electron chi connectivity index (χ3n) is 2.96. The first-order valence-corrected chi connectivity index (χ1v) is 5.48. The van der Waals surface area contributed by atoms with Crippen LogP contribution in [0.5, 0.6) is 0 Å². The smallest absolute Gasteiger partial charge is 0.306 e. The van der Waals surface area contributed by atoms with Crippen LogP contribution in [0.1, 0.15) is 36.8 Å². The maximum absolute atomic E-state index is 10.7. The molecule has 15 heavy (non-hydrogen) atoms. The van der Waals surface area contributed by atoms with Crippen LogP contribution in [0.3, 0.4) is 0 Å². The monoisotopic (exact) mass is 204 g/mol. The van der Waals surface area contributed by atoms with Crippen molar-refractivity contribution in [3.63, 3.8) is 0 Å². The molecule has 0 heterocycles. The second-order valence-electron chi connectivity index (χ2n) is 4.46. The number of hydrogen-bond donors (Lipinski definition) is 1. The van der Waals surface area contributed by atoms with Crippen molar-refractivity contribution in [2.24, 2.45) is 5.92 Å². The van der Waals surface area contributed by atoms with Crippen molar-refractivity contribution >= 4 is 5.97 Å². The van der Waals surface area contributed by atoms with Crippen molar-refractivity contribution in [3.05, 3.63) is 35.4 Å². The molecule has 2 rings (SSSR count). The van der Waals surface area contributed by atoms with Gasteiger partial charge in [0, 0.05) is 0 Å². The first-order valence-electron chi connectivity index (χ1n) is 5.48. The SMILES string of the molecule is CC(Cc1cccc(C2CC2)c1)C(=O)O. The van der Waals surface area contributed by atoms with E-state index in [0.29, 0.717) is 6.42 Å². The van der Waals surface area contributed by atoms with E-state index in [-0.39, 0.29) is 5.92 Å².